The molecule has 2 heteroatoms. The SMILES string of the molecule is C#Cc1c(CO)cccc1OC(C)C. The van der Waals surface area contributed by atoms with E-state index in [1.54, 1.807) is 6.07 Å². The maximum Gasteiger partial charge on any atom is 0.135 e. The van der Waals surface area contributed by atoms with Crippen LogP contribution in [0.2, 0.25) is 0 Å². The van der Waals surface area contributed by atoms with E-state index in [1.165, 1.54) is 0 Å². The molecule has 0 spiro atoms. The van der Waals surface area contributed by atoms with Gasteiger partial charge in [-0.15, -0.1) is 6.42 Å². The highest BCUT2D eigenvalue weighted by Crippen LogP contribution is 2.22. The van der Waals surface area contributed by atoms with Gasteiger partial charge in [0.2, 0.25) is 0 Å². The summed E-state index contributed by atoms with van der Waals surface area (Å²) < 4.78 is 5.53. The van der Waals surface area contributed by atoms with Gasteiger partial charge in [0.15, 0.2) is 0 Å². The Morgan fingerprint density at radius 3 is 2.71 bits per heavy atom. The molecule has 0 amide bonds. The van der Waals surface area contributed by atoms with Crippen LogP contribution in [-0.2, 0) is 6.61 Å². The minimum Gasteiger partial charge on any atom is -0.490 e. The van der Waals surface area contributed by atoms with Crippen molar-refractivity contribution < 1.29 is 9.84 Å². The lowest BCUT2D eigenvalue weighted by Crippen LogP contribution is -2.07. The summed E-state index contributed by atoms with van der Waals surface area (Å²) in [7, 11) is 0. The highest BCUT2D eigenvalue weighted by Gasteiger charge is 2.07. The average molecular weight is 190 g/mol. The van der Waals surface area contributed by atoms with E-state index in [2.05, 4.69) is 5.92 Å². The van der Waals surface area contributed by atoms with Crippen molar-refractivity contribution in [3.63, 3.8) is 0 Å². The van der Waals surface area contributed by atoms with Crippen LogP contribution < -0.4 is 4.74 Å². The van der Waals surface area contributed by atoms with Crippen molar-refractivity contribution in [1.82, 2.24) is 0 Å². The van der Waals surface area contributed by atoms with E-state index in [4.69, 9.17) is 16.3 Å². The molecular weight excluding hydrogens is 176 g/mol. The third-order valence-corrected chi connectivity index (χ3v) is 1.79. The van der Waals surface area contributed by atoms with E-state index >= 15 is 0 Å². The van der Waals surface area contributed by atoms with Gasteiger partial charge in [0.25, 0.3) is 0 Å². The van der Waals surface area contributed by atoms with Gasteiger partial charge in [-0.1, -0.05) is 18.1 Å². The van der Waals surface area contributed by atoms with Crippen LogP contribution in [0.1, 0.15) is 25.0 Å². The second-order valence-electron chi connectivity index (χ2n) is 3.26. The minimum atomic E-state index is -0.0607. The Labute approximate surface area is 84.5 Å². The number of aliphatic hydroxyl groups excluding tert-OH is 1. The molecule has 0 fully saturated rings. The van der Waals surface area contributed by atoms with E-state index in [-0.39, 0.29) is 12.7 Å². The standard InChI is InChI=1S/C12H14O2/c1-4-11-10(8-13)6-5-7-12(11)14-9(2)3/h1,5-7,9,13H,8H2,2-3H3. The fourth-order valence-corrected chi connectivity index (χ4v) is 1.22. The number of ether oxygens (including phenoxy) is 1. The summed E-state index contributed by atoms with van der Waals surface area (Å²) in [5, 5.41) is 9.06. The molecule has 14 heavy (non-hydrogen) atoms. The van der Waals surface area contributed by atoms with Gasteiger partial charge in [-0.25, -0.2) is 0 Å². The zero-order chi connectivity index (χ0) is 10.6. The zero-order valence-corrected chi connectivity index (χ0v) is 8.45. The summed E-state index contributed by atoms with van der Waals surface area (Å²) >= 11 is 0. The molecule has 1 rings (SSSR count). The van der Waals surface area contributed by atoms with Gasteiger partial charge in [-0.05, 0) is 25.5 Å². The van der Waals surface area contributed by atoms with Crippen molar-refractivity contribution >= 4 is 0 Å². The topological polar surface area (TPSA) is 29.5 Å². The van der Waals surface area contributed by atoms with Crippen LogP contribution in [0.3, 0.4) is 0 Å². The smallest absolute Gasteiger partial charge is 0.135 e. The molecule has 0 aliphatic rings. The van der Waals surface area contributed by atoms with Crippen molar-refractivity contribution in [3.05, 3.63) is 29.3 Å². The van der Waals surface area contributed by atoms with E-state index in [1.807, 2.05) is 26.0 Å². The number of aliphatic hydroxyl groups is 1. The quantitative estimate of drug-likeness (QED) is 0.738. The number of benzene rings is 1. The second-order valence-corrected chi connectivity index (χ2v) is 3.26. The predicted molar refractivity (Wildman–Crippen MR) is 56.1 cm³/mol. The molecule has 1 aromatic carbocycles. The van der Waals surface area contributed by atoms with Crippen LogP contribution in [0.5, 0.6) is 5.75 Å². The summed E-state index contributed by atoms with van der Waals surface area (Å²) in [5.41, 5.74) is 1.37. The monoisotopic (exact) mass is 190 g/mol. The van der Waals surface area contributed by atoms with Crippen molar-refractivity contribution in [1.29, 1.82) is 0 Å². The second kappa shape index (κ2) is 4.69. The van der Waals surface area contributed by atoms with Gasteiger partial charge in [-0.3, -0.25) is 0 Å². The van der Waals surface area contributed by atoms with Gasteiger partial charge in [0.1, 0.15) is 5.75 Å². The van der Waals surface area contributed by atoms with Gasteiger partial charge < -0.3 is 9.84 Å². The number of hydrogen-bond donors (Lipinski definition) is 1. The minimum absolute atomic E-state index is 0.0607. The van der Waals surface area contributed by atoms with Crippen molar-refractivity contribution in [3.8, 4) is 18.1 Å². The van der Waals surface area contributed by atoms with Crippen LogP contribution in [0.25, 0.3) is 0 Å². The lowest BCUT2D eigenvalue weighted by molar-refractivity contribution is 0.239. The molecule has 0 unspecified atom stereocenters. The van der Waals surface area contributed by atoms with Crippen LogP contribution in [0, 0.1) is 12.3 Å². The Bertz CT molecular complexity index is 348. The first-order valence-corrected chi connectivity index (χ1v) is 4.55. The zero-order valence-electron chi connectivity index (χ0n) is 8.45. The molecular formula is C12H14O2. The molecule has 0 atom stereocenters. The number of rotatable bonds is 3. The van der Waals surface area contributed by atoms with Crippen LogP contribution in [-0.4, -0.2) is 11.2 Å². The van der Waals surface area contributed by atoms with Gasteiger partial charge in [0.05, 0.1) is 18.3 Å². The first-order chi connectivity index (χ1) is 6.69. The van der Waals surface area contributed by atoms with E-state index in [0.29, 0.717) is 11.3 Å². The molecule has 2 nitrogen and oxygen atoms in total. The normalized spacial score (nSPS) is 9.93. The Morgan fingerprint density at radius 1 is 1.50 bits per heavy atom. The highest BCUT2D eigenvalue weighted by molar-refractivity contribution is 5.50. The first-order valence-electron chi connectivity index (χ1n) is 4.55. The average Bonchev–Trinajstić information content (AvgIpc) is 2.16. The first kappa shape index (κ1) is 10.6. The largest absolute Gasteiger partial charge is 0.490 e. The molecule has 0 radical (unpaired) electrons. The molecule has 0 saturated heterocycles. The summed E-state index contributed by atoms with van der Waals surface area (Å²) in [5.74, 6) is 3.20. The molecule has 1 N–H and O–H groups in total. The van der Waals surface area contributed by atoms with E-state index in [0.717, 1.165) is 5.56 Å². The molecule has 74 valence electrons. The van der Waals surface area contributed by atoms with Crippen LogP contribution in [0.4, 0.5) is 0 Å². The van der Waals surface area contributed by atoms with E-state index in [9.17, 15) is 0 Å². The lowest BCUT2D eigenvalue weighted by atomic mass is 10.1. The molecule has 0 aliphatic carbocycles. The van der Waals surface area contributed by atoms with Crippen LogP contribution in [0.15, 0.2) is 18.2 Å². The molecule has 0 bridgehead atoms. The number of terminal acetylenes is 1. The molecule has 0 aromatic heterocycles. The van der Waals surface area contributed by atoms with Gasteiger partial charge in [-0.2, -0.15) is 0 Å². The summed E-state index contributed by atoms with van der Waals surface area (Å²) in [6.07, 6.45) is 5.44. The molecule has 0 saturated carbocycles. The highest BCUT2D eigenvalue weighted by atomic mass is 16.5. The van der Waals surface area contributed by atoms with E-state index < -0.39 is 0 Å². The maximum absolute atomic E-state index is 9.06. The lowest BCUT2D eigenvalue weighted by Gasteiger charge is -2.13. The molecule has 0 heterocycles. The maximum atomic E-state index is 9.06. The fraction of sp³-hybridized carbons (Fsp3) is 0.333. The molecule has 0 aliphatic heterocycles. The summed E-state index contributed by atoms with van der Waals surface area (Å²) in [6.45, 7) is 3.81. The Balaban J connectivity index is 3.10. The summed E-state index contributed by atoms with van der Waals surface area (Å²) in [6, 6.07) is 5.43. The van der Waals surface area contributed by atoms with Gasteiger partial charge >= 0.3 is 0 Å². The third kappa shape index (κ3) is 2.27. The van der Waals surface area contributed by atoms with Crippen molar-refractivity contribution in [2.45, 2.75) is 26.6 Å². The van der Waals surface area contributed by atoms with Crippen molar-refractivity contribution in [2.75, 3.05) is 0 Å². The van der Waals surface area contributed by atoms with Gasteiger partial charge in [0, 0.05) is 0 Å². The fourth-order valence-electron chi connectivity index (χ4n) is 1.22. The predicted octanol–water partition coefficient (Wildman–Crippen LogP) is 1.95. The Morgan fingerprint density at radius 2 is 2.21 bits per heavy atom. The van der Waals surface area contributed by atoms with Crippen LogP contribution >= 0.6 is 0 Å². The summed E-state index contributed by atoms with van der Waals surface area (Å²) in [4.78, 5) is 0. The Kier molecular flexibility index (Phi) is 3.55. The van der Waals surface area contributed by atoms with Crippen molar-refractivity contribution in [2.24, 2.45) is 0 Å². The Hall–Kier alpha value is -1.46. The third-order valence-electron chi connectivity index (χ3n) is 1.79. The number of hydrogen-bond acceptors (Lipinski definition) is 2. The molecule has 1 aromatic rings.